The van der Waals surface area contributed by atoms with Crippen molar-refractivity contribution in [1.29, 1.82) is 0 Å². The van der Waals surface area contributed by atoms with E-state index >= 15 is 0 Å². The second kappa shape index (κ2) is 10.2. The van der Waals surface area contributed by atoms with Crippen LogP contribution in [0.2, 0.25) is 0 Å². The molecule has 8 nitrogen and oxygen atoms in total. The summed E-state index contributed by atoms with van der Waals surface area (Å²) in [6, 6.07) is 5.21. The first-order chi connectivity index (χ1) is 15.5. The number of ether oxygens (including phenoxy) is 1. The van der Waals surface area contributed by atoms with Gasteiger partial charge >= 0.3 is 6.03 Å². The Labute approximate surface area is 189 Å². The minimum Gasteiger partial charge on any atom is -0.478 e. The monoisotopic (exact) mass is 442 g/mol. The minimum atomic E-state index is -0.606. The molecule has 0 bridgehead atoms. The molecule has 2 fully saturated rings. The summed E-state index contributed by atoms with van der Waals surface area (Å²) in [5.41, 5.74) is 1.10. The molecule has 1 saturated heterocycles. The van der Waals surface area contributed by atoms with Crippen molar-refractivity contribution < 1.29 is 19.1 Å². The van der Waals surface area contributed by atoms with E-state index in [0.29, 0.717) is 23.5 Å². The Balaban J connectivity index is 1.49. The van der Waals surface area contributed by atoms with Crippen molar-refractivity contribution in [3.8, 4) is 5.75 Å². The molecule has 174 valence electrons. The van der Waals surface area contributed by atoms with Gasteiger partial charge < -0.3 is 20.3 Å². The molecular formula is C24H34N4O4. The zero-order valence-corrected chi connectivity index (χ0v) is 18.9. The number of urea groups is 1. The SMILES string of the molecule is CCC1Oc2ccc(NC(=O)NC3CCCCC3)cc2N(CC(=O)N2CCCCC2)C1=O. The number of benzene rings is 1. The average molecular weight is 443 g/mol. The molecule has 2 aliphatic heterocycles. The molecule has 0 radical (unpaired) electrons. The second-order valence-electron chi connectivity index (χ2n) is 9.00. The van der Waals surface area contributed by atoms with Crippen molar-refractivity contribution in [2.45, 2.75) is 76.9 Å². The van der Waals surface area contributed by atoms with Crippen molar-refractivity contribution in [1.82, 2.24) is 10.2 Å². The van der Waals surface area contributed by atoms with E-state index in [2.05, 4.69) is 10.6 Å². The summed E-state index contributed by atoms with van der Waals surface area (Å²) in [4.78, 5) is 41.8. The molecular weight excluding hydrogens is 408 g/mol. The summed E-state index contributed by atoms with van der Waals surface area (Å²) in [7, 11) is 0. The first-order valence-electron chi connectivity index (χ1n) is 12.0. The van der Waals surface area contributed by atoms with Gasteiger partial charge in [-0.15, -0.1) is 0 Å². The van der Waals surface area contributed by atoms with E-state index in [4.69, 9.17) is 4.74 Å². The van der Waals surface area contributed by atoms with Gasteiger partial charge in [-0.1, -0.05) is 26.2 Å². The summed E-state index contributed by atoms with van der Waals surface area (Å²) in [5, 5.41) is 5.91. The Hall–Kier alpha value is -2.77. The predicted molar refractivity (Wildman–Crippen MR) is 123 cm³/mol. The van der Waals surface area contributed by atoms with Gasteiger partial charge in [-0.2, -0.15) is 0 Å². The van der Waals surface area contributed by atoms with Gasteiger partial charge in [0.25, 0.3) is 5.91 Å². The highest BCUT2D eigenvalue weighted by molar-refractivity contribution is 6.04. The summed E-state index contributed by atoms with van der Waals surface area (Å²) < 4.78 is 5.89. The molecule has 1 saturated carbocycles. The van der Waals surface area contributed by atoms with E-state index in [1.807, 2.05) is 11.8 Å². The summed E-state index contributed by atoms with van der Waals surface area (Å²) in [6.45, 7) is 3.36. The van der Waals surface area contributed by atoms with Crippen LogP contribution in [0.25, 0.3) is 0 Å². The van der Waals surface area contributed by atoms with Gasteiger partial charge in [0.05, 0.1) is 5.69 Å². The fraction of sp³-hybridized carbons (Fsp3) is 0.625. The summed E-state index contributed by atoms with van der Waals surface area (Å²) in [5.74, 6) is 0.296. The molecule has 2 N–H and O–H groups in total. The number of hydrogen-bond acceptors (Lipinski definition) is 4. The van der Waals surface area contributed by atoms with E-state index in [-0.39, 0.29) is 30.4 Å². The number of anilines is 2. The second-order valence-corrected chi connectivity index (χ2v) is 9.00. The van der Waals surface area contributed by atoms with E-state index in [1.165, 1.54) is 11.3 Å². The van der Waals surface area contributed by atoms with Gasteiger partial charge in [0, 0.05) is 24.8 Å². The molecule has 3 aliphatic rings. The van der Waals surface area contributed by atoms with E-state index in [0.717, 1.165) is 58.0 Å². The zero-order valence-electron chi connectivity index (χ0n) is 18.9. The zero-order chi connectivity index (χ0) is 22.5. The number of likely N-dealkylation sites (tertiary alicyclic amines) is 1. The summed E-state index contributed by atoms with van der Waals surface area (Å²) in [6.07, 6.45) is 8.57. The number of fused-ring (bicyclic) bond motifs is 1. The van der Waals surface area contributed by atoms with Crippen molar-refractivity contribution in [3.05, 3.63) is 18.2 Å². The third kappa shape index (κ3) is 5.16. The number of amides is 4. The smallest absolute Gasteiger partial charge is 0.319 e. The average Bonchev–Trinajstić information content (AvgIpc) is 2.82. The van der Waals surface area contributed by atoms with Crippen LogP contribution >= 0.6 is 0 Å². The third-order valence-electron chi connectivity index (χ3n) is 6.63. The Morgan fingerprint density at radius 3 is 2.50 bits per heavy atom. The quantitative estimate of drug-likeness (QED) is 0.728. The number of nitrogens with one attached hydrogen (secondary N) is 2. The van der Waals surface area contributed by atoms with Crippen LogP contribution in [-0.2, 0) is 9.59 Å². The van der Waals surface area contributed by atoms with Crippen LogP contribution in [0.15, 0.2) is 18.2 Å². The highest BCUT2D eigenvalue weighted by Crippen LogP contribution is 2.37. The molecule has 1 atom stereocenters. The van der Waals surface area contributed by atoms with Crippen LogP contribution in [0.1, 0.15) is 64.7 Å². The highest BCUT2D eigenvalue weighted by Gasteiger charge is 2.35. The topological polar surface area (TPSA) is 91.0 Å². The molecule has 1 aromatic carbocycles. The van der Waals surface area contributed by atoms with Gasteiger partial charge in [-0.3, -0.25) is 14.5 Å². The maximum absolute atomic E-state index is 13.1. The van der Waals surface area contributed by atoms with Crippen LogP contribution in [0.4, 0.5) is 16.2 Å². The molecule has 32 heavy (non-hydrogen) atoms. The number of nitrogens with zero attached hydrogens (tertiary/aromatic N) is 2. The summed E-state index contributed by atoms with van der Waals surface area (Å²) >= 11 is 0. The number of piperidine rings is 1. The molecule has 8 heteroatoms. The van der Waals surface area contributed by atoms with Crippen molar-refractivity contribution in [3.63, 3.8) is 0 Å². The maximum atomic E-state index is 13.1. The molecule has 1 aromatic rings. The lowest BCUT2D eigenvalue weighted by Gasteiger charge is -2.36. The lowest BCUT2D eigenvalue weighted by Crippen LogP contribution is -2.51. The largest absolute Gasteiger partial charge is 0.478 e. The Morgan fingerprint density at radius 1 is 1.06 bits per heavy atom. The molecule has 4 amide bonds. The van der Waals surface area contributed by atoms with Crippen LogP contribution < -0.4 is 20.3 Å². The van der Waals surface area contributed by atoms with Crippen molar-refractivity contribution in [2.75, 3.05) is 29.9 Å². The van der Waals surface area contributed by atoms with E-state index < -0.39 is 6.10 Å². The van der Waals surface area contributed by atoms with Crippen molar-refractivity contribution in [2.24, 2.45) is 0 Å². The predicted octanol–water partition coefficient (Wildman–Crippen LogP) is 3.66. The van der Waals surface area contributed by atoms with Gasteiger partial charge in [0.2, 0.25) is 5.91 Å². The number of rotatable bonds is 5. The lowest BCUT2D eigenvalue weighted by molar-refractivity contribution is -0.134. The Morgan fingerprint density at radius 2 is 1.78 bits per heavy atom. The first-order valence-corrected chi connectivity index (χ1v) is 12.0. The van der Waals surface area contributed by atoms with Crippen molar-refractivity contribution >= 4 is 29.2 Å². The molecule has 1 unspecified atom stereocenters. The Bertz CT molecular complexity index is 846. The molecule has 0 spiro atoms. The van der Waals surface area contributed by atoms with E-state index in [9.17, 15) is 14.4 Å². The van der Waals surface area contributed by atoms with Crippen LogP contribution in [0, 0.1) is 0 Å². The fourth-order valence-electron chi connectivity index (χ4n) is 4.80. The maximum Gasteiger partial charge on any atom is 0.319 e. The van der Waals surface area contributed by atoms with Gasteiger partial charge in [0.1, 0.15) is 12.3 Å². The normalized spacial score (nSPS) is 21.5. The number of hydrogen-bond donors (Lipinski definition) is 2. The van der Waals surface area contributed by atoms with E-state index in [1.54, 1.807) is 18.2 Å². The molecule has 0 aromatic heterocycles. The fourth-order valence-corrected chi connectivity index (χ4v) is 4.80. The number of carbonyl (C=O) groups is 3. The highest BCUT2D eigenvalue weighted by atomic mass is 16.5. The minimum absolute atomic E-state index is 0.0105. The van der Waals surface area contributed by atoms with Crippen LogP contribution in [0.3, 0.4) is 0 Å². The lowest BCUT2D eigenvalue weighted by atomic mass is 9.96. The standard InChI is InChI=1S/C24H34N4O4/c1-2-20-23(30)28(16-22(29)27-13-7-4-8-14-27)19-15-18(11-12-21(19)32-20)26-24(31)25-17-9-5-3-6-10-17/h11-12,15,17,20H,2-10,13-14,16H2,1H3,(H2,25,26,31). The van der Waals surface area contributed by atoms with Gasteiger partial charge in [-0.05, 0) is 56.7 Å². The third-order valence-corrected chi connectivity index (χ3v) is 6.63. The molecule has 2 heterocycles. The van der Waals surface area contributed by atoms with Crippen LogP contribution in [-0.4, -0.2) is 54.5 Å². The number of carbonyl (C=O) groups excluding carboxylic acids is 3. The van der Waals surface area contributed by atoms with Gasteiger partial charge in [-0.25, -0.2) is 4.79 Å². The molecule has 4 rings (SSSR count). The molecule has 1 aliphatic carbocycles. The first kappa shape index (κ1) is 22.4. The Kier molecular flexibility index (Phi) is 7.17. The van der Waals surface area contributed by atoms with Crippen LogP contribution in [0.5, 0.6) is 5.75 Å². The van der Waals surface area contributed by atoms with Gasteiger partial charge in [0.15, 0.2) is 6.10 Å².